The zero-order valence-electron chi connectivity index (χ0n) is 10.6. The van der Waals surface area contributed by atoms with Gasteiger partial charge in [0.15, 0.2) is 0 Å². The zero-order valence-corrected chi connectivity index (χ0v) is 10.6. The minimum absolute atomic E-state index is 0.141. The van der Waals surface area contributed by atoms with Crippen molar-refractivity contribution in [2.45, 2.75) is 25.7 Å². The van der Waals surface area contributed by atoms with Crippen LogP contribution in [0.15, 0.2) is 18.2 Å². The number of aliphatic hydroxyl groups excluding tert-OH is 1. The van der Waals surface area contributed by atoms with Gasteiger partial charge in [-0.2, -0.15) is 0 Å². The first-order valence-corrected chi connectivity index (χ1v) is 6.38. The number of anilines is 1. The molecule has 100 valence electrons. The summed E-state index contributed by atoms with van der Waals surface area (Å²) in [4.78, 5) is 11.7. The second-order valence-corrected chi connectivity index (χ2v) is 4.70. The third kappa shape index (κ3) is 3.80. The molecule has 19 heavy (non-hydrogen) atoms. The number of halogens is 1. The molecule has 0 bridgehead atoms. The number of amides is 1. The Bertz CT molecular complexity index is 527. The average Bonchev–Trinajstić information content (AvgIpc) is 2.34. The van der Waals surface area contributed by atoms with Crippen molar-refractivity contribution in [3.05, 3.63) is 29.6 Å². The van der Waals surface area contributed by atoms with E-state index in [1.165, 1.54) is 18.6 Å². The highest BCUT2D eigenvalue weighted by Crippen LogP contribution is 2.29. The molecule has 0 aromatic heterocycles. The summed E-state index contributed by atoms with van der Waals surface area (Å²) in [5.74, 6) is 4.87. The first kappa shape index (κ1) is 13.6. The topological polar surface area (TPSA) is 49.3 Å². The first-order valence-electron chi connectivity index (χ1n) is 6.38. The molecule has 1 fully saturated rings. The molecule has 1 aliphatic rings. The van der Waals surface area contributed by atoms with Gasteiger partial charge in [-0.3, -0.25) is 4.79 Å². The van der Waals surface area contributed by atoms with Crippen molar-refractivity contribution in [2.75, 3.05) is 11.9 Å². The molecule has 0 unspecified atom stereocenters. The van der Waals surface area contributed by atoms with Crippen LogP contribution >= 0.6 is 0 Å². The number of benzene rings is 1. The molecule has 0 aliphatic heterocycles. The fourth-order valence-corrected chi connectivity index (χ4v) is 2.00. The summed E-state index contributed by atoms with van der Waals surface area (Å²) in [6.45, 7) is -0.262. The summed E-state index contributed by atoms with van der Waals surface area (Å²) < 4.78 is 13.7. The summed E-state index contributed by atoms with van der Waals surface area (Å²) in [6, 6.07) is 4.36. The fourth-order valence-electron chi connectivity index (χ4n) is 2.00. The monoisotopic (exact) mass is 261 g/mol. The van der Waals surface area contributed by atoms with Gasteiger partial charge in [0.05, 0.1) is 5.69 Å². The van der Waals surface area contributed by atoms with Gasteiger partial charge in [-0.05, 0) is 37.0 Å². The number of carbonyl (C=O) groups excluding carboxylic acids is 1. The number of aliphatic hydroxyl groups is 1. The molecule has 0 saturated heterocycles. The van der Waals surface area contributed by atoms with Crippen LogP contribution in [0.4, 0.5) is 10.1 Å². The molecule has 1 aromatic carbocycles. The lowest BCUT2D eigenvalue weighted by Gasteiger charge is -2.24. The van der Waals surface area contributed by atoms with Crippen LogP contribution in [0.3, 0.4) is 0 Å². The van der Waals surface area contributed by atoms with Gasteiger partial charge in [-0.25, -0.2) is 4.39 Å². The Morgan fingerprint density at radius 3 is 2.84 bits per heavy atom. The van der Waals surface area contributed by atoms with Gasteiger partial charge in [-0.15, -0.1) is 0 Å². The maximum Gasteiger partial charge on any atom is 0.224 e. The molecule has 1 saturated carbocycles. The van der Waals surface area contributed by atoms with Crippen LogP contribution in [0.1, 0.15) is 31.2 Å². The molecule has 4 heteroatoms. The van der Waals surface area contributed by atoms with Crippen LogP contribution in [0.25, 0.3) is 0 Å². The van der Waals surface area contributed by atoms with Gasteiger partial charge in [0.25, 0.3) is 0 Å². The molecular weight excluding hydrogens is 245 g/mol. The predicted molar refractivity (Wildman–Crippen MR) is 71.0 cm³/mol. The molecule has 1 amide bonds. The SMILES string of the molecule is O=C(CC1CCC1)Nc1ccc(C#CCO)cc1F. The van der Waals surface area contributed by atoms with E-state index in [9.17, 15) is 9.18 Å². The highest BCUT2D eigenvalue weighted by atomic mass is 19.1. The summed E-state index contributed by atoms with van der Waals surface area (Å²) in [6.07, 6.45) is 3.83. The van der Waals surface area contributed by atoms with Crippen LogP contribution in [0, 0.1) is 23.6 Å². The number of carbonyl (C=O) groups is 1. The van der Waals surface area contributed by atoms with Crippen LogP contribution in [-0.4, -0.2) is 17.6 Å². The minimum Gasteiger partial charge on any atom is -0.384 e. The Kier molecular flexibility index (Phi) is 4.53. The molecule has 0 atom stereocenters. The molecule has 0 heterocycles. The van der Waals surface area contributed by atoms with Gasteiger partial charge in [-0.1, -0.05) is 18.3 Å². The summed E-state index contributed by atoms with van der Waals surface area (Å²) in [5.41, 5.74) is 0.655. The van der Waals surface area contributed by atoms with E-state index in [0.717, 1.165) is 12.8 Å². The van der Waals surface area contributed by atoms with Crippen molar-refractivity contribution in [1.82, 2.24) is 0 Å². The Morgan fingerprint density at radius 2 is 2.26 bits per heavy atom. The Balaban J connectivity index is 1.97. The van der Waals surface area contributed by atoms with E-state index < -0.39 is 5.82 Å². The lowest BCUT2D eigenvalue weighted by molar-refractivity contribution is -0.117. The number of hydrogen-bond acceptors (Lipinski definition) is 2. The summed E-state index contributed by atoms with van der Waals surface area (Å²) in [7, 11) is 0. The first-order chi connectivity index (χ1) is 9.19. The van der Waals surface area contributed by atoms with Gasteiger partial charge in [0.2, 0.25) is 5.91 Å². The quantitative estimate of drug-likeness (QED) is 0.820. The summed E-state index contributed by atoms with van der Waals surface area (Å²) >= 11 is 0. The van der Waals surface area contributed by atoms with Crippen LogP contribution < -0.4 is 5.32 Å². The van der Waals surface area contributed by atoms with E-state index in [2.05, 4.69) is 17.2 Å². The molecular formula is C15H16FNO2. The highest BCUT2D eigenvalue weighted by molar-refractivity contribution is 5.91. The second-order valence-electron chi connectivity index (χ2n) is 4.70. The van der Waals surface area contributed by atoms with Gasteiger partial charge < -0.3 is 10.4 Å². The van der Waals surface area contributed by atoms with Crippen molar-refractivity contribution in [3.63, 3.8) is 0 Å². The van der Waals surface area contributed by atoms with E-state index in [0.29, 0.717) is 17.9 Å². The fraction of sp³-hybridized carbons (Fsp3) is 0.400. The lowest BCUT2D eigenvalue weighted by atomic mass is 9.83. The van der Waals surface area contributed by atoms with E-state index in [-0.39, 0.29) is 18.2 Å². The van der Waals surface area contributed by atoms with Crippen LogP contribution in [0.2, 0.25) is 0 Å². The zero-order chi connectivity index (χ0) is 13.7. The van der Waals surface area contributed by atoms with Crippen LogP contribution in [-0.2, 0) is 4.79 Å². The maximum atomic E-state index is 13.7. The van der Waals surface area contributed by atoms with Gasteiger partial charge in [0, 0.05) is 12.0 Å². The lowest BCUT2D eigenvalue weighted by Crippen LogP contribution is -2.21. The third-order valence-corrected chi connectivity index (χ3v) is 3.25. The molecule has 2 N–H and O–H groups in total. The minimum atomic E-state index is -0.508. The smallest absolute Gasteiger partial charge is 0.224 e. The molecule has 0 spiro atoms. The van der Waals surface area contributed by atoms with E-state index in [1.807, 2.05) is 0 Å². The predicted octanol–water partition coefficient (Wildman–Crippen LogP) is 2.30. The van der Waals surface area contributed by atoms with Crippen molar-refractivity contribution < 1.29 is 14.3 Å². The molecule has 2 rings (SSSR count). The maximum absolute atomic E-state index is 13.7. The standard InChI is InChI=1S/C15H16FNO2/c16-13-9-12(5-2-8-18)6-7-14(13)17-15(19)10-11-3-1-4-11/h6-7,9,11,18H,1,3-4,8,10H2,(H,17,19). The molecule has 3 nitrogen and oxygen atoms in total. The highest BCUT2D eigenvalue weighted by Gasteiger charge is 2.21. The Labute approximate surface area is 111 Å². The van der Waals surface area contributed by atoms with E-state index in [4.69, 9.17) is 5.11 Å². The van der Waals surface area contributed by atoms with E-state index >= 15 is 0 Å². The Morgan fingerprint density at radius 1 is 1.47 bits per heavy atom. The molecule has 1 aromatic rings. The largest absolute Gasteiger partial charge is 0.384 e. The van der Waals surface area contributed by atoms with Gasteiger partial charge in [0.1, 0.15) is 12.4 Å². The van der Waals surface area contributed by atoms with Crippen LogP contribution in [0.5, 0.6) is 0 Å². The Hall–Kier alpha value is -1.86. The van der Waals surface area contributed by atoms with Crippen molar-refractivity contribution in [1.29, 1.82) is 0 Å². The van der Waals surface area contributed by atoms with Crippen molar-refractivity contribution in [3.8, 4) is 11.8 Å². The second kappa shape index (κ2) is 6.35. The number of nitrogens with one attached hydrogen (secondary N) is 1. The molecule has 0 radical (unpaired) electrons. The van der Waals surface area contributed by atoms with E-state index in [1.54, 1.807) is 6.07 Å². The summed E-state index contributed by atoms with van der Waals surface area (Å²) in [5, 5.41) is 11.1. The normalized spacial score (nSPS) is 14.2. The number of hydrogen-bond donors (Lipinski definition) is 2. The van der Waals surface area contributed by atoms with Crippen molar-refractivity contribution in [2.24, 2.45) is 5.92 Å². The van der Waals surface area contributed by atoms with Crippen molar-refractivity contribution >= 4 is 11.6 Å². The number of rotatable bonds is 3. The molecule has 1 aliphatic carbocycles. The third-order valence-electron chi connectivity index (χ3n) is 3.25. The van der Waals surface area contributed by atoms with Gasteiger partial charge >= 0.3 is 0 Å². The average molecular weight is 261 g/mol.